The third-order valence-corrected chi connectivity index (χ3v) is 4.89. The first-order chi connectivity index (χ1) is 11.2. The SMILES string of the molecule is N#C/C(=C\c1ccccc1Cl)c1nc(-c2cccc(Br)c2)cs1. The normalized spacial score (nSPS) is 11.3. The zero-order valence-corrected chi connectivity index (χ0v) is 15.0. The van der Waals surface area contributed by atoms with E-state index in [1.54, 1.807) is 12.1 Å². The Bertz CT molecular complexity index is 925. The van der Waals surface area contributed by atoms with Crippen molar-refractivity contribution in [3.05, 3.63) is 74.0 Å². The summed E-state index contributed by atoms with van der Waals surface area (Å²) in [6.45, 7) is 0. The molecule has 0 saturated carbocycles. The Labute approximate surface area is 151 Å². The quantitative estimate of drug-likeness (QED) is 0.483. The summed E-state index contributed by atoms with van der Waals surface area (Å²) in [5.74, 6) is 0. The van der Waals surface area contributed by atoms with Crippen molar-refractivity contribution < 1.29 is 0 Å². The molecule has 0 N–H and O–H groups in total. The first kappa shape index (κ1) is 15.9. The van der Waals surface area contributed by atoms with Gasteiger partial charge in [0.25, 0.3) is 0 Å². The molecule has 1 aromatic heterocycles. The molecule has 112 valence electrons. The fourth-order valence-corrected chi connectivity index (χ4v) is 3.45. The van der Waals surface area contributed by atoms with Gasteiger partial charge in [0.15, 0.2) is 0 Å². The number of nitrogens with zero attached hydrogens (tertiary/aromatic N) is 2. The molecule has 1 heterocycles. The highest BCUT2D eigenvalue weighted by Gasteiger charge is 2.10. The van der Waals surface area contributed by atoms with Crippen molar-refractivity contribution in [3.8, 4) is 17.3 Å². The molecule has 0 atom stereocenters. The molecule has 3 aromatic rings. The molecule has 2 nitrogen and oxygen atoms in total. The van der Waals surface area contributed by atoms with Gasteiger partial charge in [-0.05, 0) is 29.8 Å². The molecule has 0 unspecified atom stereocenters. The Kier molecular flexibility index (Phi) is 4.92. The average molecular weight is 402 g/mol. The van der Waals surface area contributed by atoms with Crippen LogP contribution in [0.1, 0.15) is 10.6 Å². The Hall–Kier alpha value is -1.93. The van der Waals surface area contributed by atoms with Crippen LogP contribution in [0.3, 0.4) is 0 Å². The molecule has 2 aromatic carbocycles. The van der Waals surface area contributed by atoms with E-state index in [0.29, 0.717) is 15.6 Å². The van der Waals surface area contributed by atoms with E-state index in [4.69, 9.17) is 11.6 Å². The van der Waals surface area contributed by atoms with Gasteiger partial charge >= 0.3 is 0 Å². The van der Waals surface area contributed by atoms with Gasteiger partial charge in [0.05, 0.1) is 11.3 Å². The molecule has 0 spiro atoms. The van der Waals surface area contributed by atoms with Gasteiger partial charge in [-0.3, -0.25) is 0 Å². The van der Waals surface area contributed by atoms with Crippen molar-refractivity contribution in [3.63, 3.8) is 0 Å². The Balaban J connectivity index is 1.98. The topological polar surface area (TPSA) is 36.7 Å². The minimum absolute atomic E-state index is 0.504. The molecule has 23 heavy (non-hydrogen) atoms. The fraction of sp³-hybridized carbons (Fsp3) is 0. The van der Waals surface area contributed by atoms with Crippen LogP contribution in [0.15, 0.2) is 58.4 Å². The monoisotopic (exact) mass is 400 g/mol. The van der Waals surface area contributed by atoms with Crippen molar-refractivity contribution in [1.29, 1.82) is 5.26 Å². The number of thiazole rings is 1. The van der Waals surface area contributed by atoms with Gasteiger partial charge in [0.1, 0.15) is 11.1 Å². The van der Waals surface area contributed by atoms with Gasteiger partial charge in [-0.25, -0.2) is 4.98 Å². The largest absolute Gasteiger partial charge is 0.235 e. The second kappa shape index (κ2) is 7.10. The number of hydrogen-bond acceptors (Lipinski definition) is 3. The lowest BCUT2D eigenvalue weighted by Crippen LogP contribution is -1.83. The third-order valence-electron chi connectivity index (χ3n) is 3.18. The van der Waals surface area contributed by atoms with Crippen molar-refractivity contribution >= 4 is 50.5 Å². The molecule has 0 aliphatic rings. The lowest BCUT2D eigenvalue weighted by Gasteiger charge is -1.99. The van der Waals surface area contributed by atoms with E-state index in [2.05, 4.69) is 27.0 Å². The predicted molar refractivity (Wildman–Crippen MR) is 100 cm³/mol. The van der Waals surface area contributed by atoms with Gasteiger partial charge in [-0.15, -0.1) is 11.3 Å². The summed E-state index contributed by atoms with van der Waals surface area (Å²) in [6, 6.07) is 17.6. The Morgan fingerprint density at radius 3 is 2.78 bits per heavy atom. The van der Waals surface area contributed by atoms with Crippen LogP contribution in [0.25, 0.3) is 22.9 Å². The number of aromatic nitrogens is 1. The molecule has 0 radical (unpaired) electrons. The maximum atomic E-state index is 9.45. The van der Waals surface area contributed by atoms with Gasteiger partial charge in [0, 0.05) is 20.4 Å². The number of hydrogen-bond donors (Lipinski definition) is 0. The van der Waals surface area contributed by atoms with Crippen LogP contribution in [0.4, 0.5) is 0 Å². The van der Waals surface area contributed by atoms with Crippen molar-refractivity contribution in [1.82, 2.24) is 4.98 Å². The van der Waals surface area contributed by atoms with Crippen LogP contribution in [-0.4, -0.2) is 4.98 Å². The highest BCUT2D eigenvalue weighted by molar-refractivity contribution is 9.10. The molecular weight excluding hydrogens is 392 g/mol. The number of benzene rings is 2. The molecule has 0 bridgehead atoms. The van der Waals surface area contributed by atoms with E-state index in [-0.39, 0.29) is 0 Å². The summed E-state index contributed by atoms with van der Waals surface area (Å²) in [5.41, 5.74) is 3.18. The summed E-state index contributed by atoms with van der Waals surface area (Å²) in [4.78, 5) is 4.58. The van der Waals surface area contributed by atoms with Crippen LogP contribution < -0.4 is 0 Å². The van der Waals surface area contributed by atoms with E-state index in [9.17, 15) is 5.26 Å². The van der Waals surface area contributed by atoms with Crippen LogP contribution in [-0.2, 0) is 0 Å². The van der Waals surface area contributed by atoms with E-state index in [0.717, 1.165) is 21.3 Å². The number of nitriles is 1. The molecule has 3 rings (SSSR count). The van der Waals surface area contributed by atoms with Gasteiger partial charge < -0.3 is 0 Å². The molecule has 0 amide bonds. The molecule has 0 aliphatic heterocycles. The molecule has 0 fully saturated rings. The summed E-state index contributed by atoms with van der Waals surface area (Å²) >= 11 is 11.1. The lowest BCUT2D eigenvalue weighted by molar-refractivity contribution is 1.37. The van der Waals surface area contributed by atoms with Gasteiger partial charge in [0.2, 0.25) is 0 Å². The van der Waals surface area contributed by atoms with Gasteiger partial charge in [-0.2, -0.15) is 5.26 Å². The van der Waals surface area contributed by atoms with E-state index in [1.807, 2.05) is 47.8 Å². The van der Waals surface area contributed by atoms with E-state index >= 15 is 0 Å². The summed E-state index contributed by atoms with van der Waals surface area (Å²) in [7, 11) is 0. The minimum atomic E-state index is 0.504. The molecule has 5 heteroatoms. The van der Waals surface area contributed by atoms with E-state index < -0.39 is 0 Å². The maximum Gasteiger partial charge on any atom is 0.134 e. The zero-order valence-electron chi connectivity index (χ0n) is 11.8. The van der Waals surface area contributed by atoms with Crippen LogP contribution in [0.5, 0.6) is 0 Å². The van der Waals surface area contributed by atoms with Crippen LogP contribution in [0, 0.1) is 11.3 Å². The average Bonchev–Trinajstić information content (AvgIpc) is 3.04. The van der Waals surface area contributed by atoms with Crippen LogP contribution in [0.2, 0.25) is 5.02 Å². The summed E-state index contributed by atoms with van der Waals surface area (Å²) < 4.78 is 0.997. The second-order valence-electron chi connectivity index (χ2n) is 4.74. The van der Waals surface area contributed by atoms with Crippen molar-refractivity contribution in [2.45, 2.75) is 0 Å². The van der Waals surface area contributed by atoms with Gasteiger partial charge in [-0.1, -0.05) is 57.9 Å². The number of allylic oxidation sites excluding steroid dienone is 1. The van der Waals surface area contributed by atoms with Crippen molar-refractivity contribution in [2.24, 2.45) is 0 Å². The Morgan fingerprint density at radius 1 is 1.22 bits per heavy atom. The number of halogens is 2. The smallest absolute Gasteiger partial charge is 0.134 e. The first-order valence-corrected chi connectivity index (χ1v) is 8.80. The fourth-order valence-electron chi connectivity index (χ4n) is 2.07. The highest BCUT2D eigenvalue weighted by Crippen LogP contribution is 2.29. The zero-order chi connectivity index (χ0) is 16.2. The van der Waals surface area contributed by atoms with Crippen molar-refractivity contribution in [2.75, 3.05) is 0 Å². The molecule has 0 aliphatic carbocycles. The first-order valence-electron chi connectivity index (χ1n) is 6.75. The lowest BCUT2D eigenvalue weighted by atomic mass is 10.1. The van der Waals surface area contributed by atoms with E-state index in [1.165, 1.54) is 11.3 Å². The third kappa shape index (κ3) is 3.70. The predicted octanol–water partition coefficient (Wildman–Crippen LogP) is 6.29. The minimum Gasteiger partial charge on any atom is -0.235 e. The number of rotatable bonds is 3. The standard InChI is InChI=1S/C18H10BrClN2S/c19-15-6-3-5-13(9-15)17-11-23-18(22-17)14(10-21)8-12-4-1-2-7-16(12)20/h1-9,11H/b14-8+. The second-order valence-corrected chi connectivity index (χ2v) is 6.92. The van der Waals surface area contributed by atoms with Crippen LogP contribution >= 0.6 is 38.9 Å². The summed E-state index contributed by atoms with van der Waals surface area (Å²) in [6.07, 6.45) is 1.77. The maximum absolute atomic E-state index is 9.45. The highest BCUT2D eigenvalue weighted by atomic mass is 79.9. The Morgan fingerprint density at radius 2 is 2.04 bits per heavy atom. The molecular formula is C18H10BrClN2S. The summed E-state index contributed by atoms with van der Waals surface area (Å²) in [5, 5.41) is 12.7. The molecule has 0 saturated heterocycles.